The molecule has 0 fully saturated rings. The third-order valence-electron chi connectivity index (χ3n) is 6.50. The highest BCUT2D eigenvalue weighted by Crippen LogP contribution is 2.40. The smallest absolute Gasteiger partial charge is 0.407 e. The molecule has 0 radical (unpaired) electrons. The number of nitrogens with zero attached hydrogens (tertiary/aromatic N) is 3. The average molecular weight is 521 g/mol. The van der Waals surface area contributed by atoms with Gasteiger partial charge in [-0.25, -0.2) is 14.8 Å². The second-order valence-corrected chi connectivity index (χ2v) is 11.5. The van der Waals surface area contributed by atoms with Crippen LogP contribution in [0.5, 0.6) is 0 Å². The molecule has 0 saturated heterocycles. The van der Waals surface area contributed by atoms with Gasteiger partial charge in [-0.05, 0) is 74.8 Å². The highest BCUT2D eigenvalue weighted by molar-refractivity contribution is 7.13. The number of alkyl carbamates (subject to hydrolysis) is 1. The Morgan fingerprint density at radius 1 is 1.19 bits per heavy atom. The molecular formula is C28H29ClN4O2S. The monoisotopic (exact) mass is 520 g/mol. The number of rotatable bonds is 5. The van der Waals surface area contributed by atoms with Crippen LogP contribution in [0.1, 0.15) is 68.5 Å². The molecule has 186 valence electrons. The predicted molar refractivity (Wildman–Crippen MR) is 145 cm³/mol. The van der Waals surface area contributed by atoms with Crippen molar-refractivity contribution < 1.29 is 9.53 Å². The molecule has 0 saturated carbocycles. The first-order chi connectivity index (χ1) is 17.2. The molecule has 6 nitrogen and oxygen atoms in total. The van der Waals surface area contributed by atoms with Crippen LogP contribution in [0.4, 0.5) is 4.79 Å². The fourth-order valence-corrected chi connectivity index (χ4v) is 5.80. The van der Waals surface area contributed by atoms with E-state index in [-0.39, 0.29) is 5.92 Å². The van der Waals surface area contributed by atoms with E-state index in [1.807, 2.05) is 45.0 Å². The van der Waals surface area contributed by atoms with Crippen molar-refractivity contribution >= 4 is 39.3 Å². The number of aryl methyl sites for hydroxylation is 1. The Morgan fingerprint density at radius 2 is 1.97 bits per heavy atom. The summed E-state index contributed by atoms with van der Waals surface area (Å²) >= 11 is 7.61. The van der Waals surface area contributed by atoms with Gasteiger partial charge >= 0.3 is 6.09 Å². The van der Waals surface area contributed by atoms with Crippen LogP contribution in [0.25, 0.3) is 21.3 Å². The lowest BCUT2D eigenvalue weighted by atomic mass is 9.92. The molecule has 1 aliphatic carbocycles. The maximum atomic E-state index is 12.4. The van der Waals surface area contributed by atoms with Crippen LogP contribution >= 0.6 is 23.1 Å². The number of hydrogen-bond donors (Lipinski definition) is 1. The normalized spacial score (nSPS) is 16.1. The number of aromatic nitrogens is 3. The second-order valence-electron chi connectivity index (χ2n) is 10.3. The molecule has 1 aliphatic rings. The van der Waals surface area contributed by atoms with Crippen LogP contribution in [0.3, 0.4) is 0 Å². The van der Waals surface area contributed by atoms with Crippen LogP contribution in [0, 0.1) is 0 Å². The maximum absolute atomic E-state index is 12.4. The van der Waals surface area contributed by atoms with Gasteiger partial charge in [-0.15, -0.1) is 0 Å². The number of amides is 1. The first-order valence-corrected chi connectivity index (χ1v) is 13.3. The number of hydrogen-bond acceptors (Lipinski definition) is 6. The number of carbonyl (C=O) groups is 1. The Morgan fingerprint density at radius 3 is 2.72 bits per heavy atom. The first-order valence-electron chi connectivity index (χ1n) is 12.2. The van der Waals surface area contributed by atoms with Gasteiger partial charge in [-0.3, -0.25) is 0 Å². The third kappa shape index (κ3) is 5.08. The summed E-state index contributed by atoms with van der Waals surface area (Å²) in [6, 6.07) is 14.1. The van der Waals surface area contributed by atoms with Crippen molar-refractivity contribution in [3.05, 3.63) is 76.3 Å². The summed E-state index contributed by atoms with van der Waals surface area (Å²) in [7, 11) is 0. The molecule has 36 heavy (non-hydrogen) atoms. The van der Waals surface area contributed by atoms with Crippen LogP contribution in [0.15, 0.2) is 48.8 Å². The van der Waals surface area contributed by atoms with Crippen molar-refractivity contribution in [1.82, 2.24) is 19.7 Å². The van der Waals surface area contributed by atoms with Crippen molar-refractivity contribution in [1.29, 1.82) is 0 Å². The summed E-state index contributed by atoms with van der Waals surface area (Å²) < 4.78 is 11.4. The highest BCUT2D eigenvalue weighted by atomic mass is 35.5. The summed E-state index contributed by atoms with van der Waals surface area (Å²) in [5.41, 5.74) is 5.90. The lowest BCUT2D eigenvalue weighted by Crippen LogP contribution is -2.35. The Bertz CT molecular complexity index is 1410. The largest absolute Gasteiger partial charge is 0.444 e. The molecular weight excluding hydrogens is 492 g/mol. The summed E-state index contributed by atoms with van der Waals surface area (Å²) in [4.78, 5) is 21.6. The standard InChI is InChI=1S/C28H29ClN4O2S/c1-16-5-12-22-24(16)25(32-15-31-22)18-8-11-20-23(13-18)36-33-26(20)21(17-6-9-19(29)10-7-17)14-30-27(34)35-28(2,3)4/h6-11,13,15-16,21H,5,12,14H2,1-4H3,(H,30,34)/t16-,21?/m1/s1. The molecule has 1 N–H and O–H groups in total. The Labute approximate surface area is 220 Å². The van der Waals surface area contributed by atoms with Gasteiger partial charge in [0.2, 0.25) is 0 Å². The fourth-order valence-electron chi connectivity index (χ4n) is 4.80. The van der Waals surface area contributed by atoms with Gasteiger partial charge in [-0.2, -0.15) is 4.37 Å². The topological polar surface area (TPSA) is 77.0 Å². The van der Waals surface area contributed by atoms with Gasteiger partial charge in [0.15, 0.2) is 0 Å². The third-order valence-corrected chi connectivity index (χ3v) is 7.57. The van der Waals surface area contributed by atoms with Gasteiger partial charge in [0.05, 0.1) is 16.1 Å². The fraction of sp³-hybridized carbons (Fsp3) is 0.357. The molecule has 2 aromatic carbocycles. The van der Waals surface area contributed by atoms with Gasteiger partial charge in [0.25, 0.3) is 0 Å². The molecule has 2 atom stereocenters. The van der Waals surface area contributed by atoms with Crippen LogP contribution < -0.4 is 5.32 Å². The van der Waals surface area contributed by atoms with Crippen molar-refractivity contribution in [2.75, 3.05) is 6.54 Å². The minimum atomic E-state index is -0.567. The number of halogens is 1. The zero-order chi connectivity index (χ0) is 25.4. The minimum absolute atomic E-state index is 0.155. The van der Waals surface area contributed by atoms with Crippen molar-refractivity contribution in [2.24, 2.45) is 0 Å². The van der Waals surface area contributed by atoms with E-state index in [0.29, 0.717) is 17.5 Å². The molecule has 8 heteroatoms. The molecule has 1 unspecified atom stereocenters. The zero-order valence-corrected chi connectivity index (χ0v) is 22.4. The molecule has 0 aliphatic heterocycles. The summed E-state index contributed by atoms with van der Waals surface area (Å²) in [5.74, 6) is 0.301. The van der Waals surface area contributed by atoms with Crippen molar-refractivity contribution in [3.63, 3.8) is 0 Å². The van der Waals surface area contributed by atoms with E-state index in [4.69, 9.17) is 20.7 Å². The summed E-state index contributed by atoms with van der Waals surface area (Å²) in [5, 5.41) is 4.66. The Kier molecular flexibility index (Phi) is 6.70. The number of carbonyl (C=O) groups excluding carboxylic acids is 1. The van der Waals surface area contributed by atoms with Gasteiger partial charge in [0, 0.05) is 39.7 Å². The molecule has 5 rings (SSSR count). The number of benzene rings is 2. The van der Waals surface area contributed by atoms with E-state index in [2.05, 4.69) is 40.4 Å². The van der Waals surface area contributed by atoms with E-state index in [0.717, 1.165) is 51.1 Å². The molecule has 4 aromatic rings. The number of fused-ring (bicyclic) bond motifs is 2. The number of ether oxygens (including phenoxy) is 1. The van der Waals surface area contributed by atoms with Crippen LogP contribution in [0.2, 0.25) is 5.02 Å². The number of nitrogens with one attached hydrogen (secondary N) is 1. The zero-order valence-electron chi connectivity index (χ0n) is 20.8. The van der Waals surface area contributed by atoms with Gasteiger partial charge in [-0.1, -0.05) is 42.8 Å². The van der Waals surface area contributed by atoms with E-state index in [9.17, 15) is 4.79 Å². The predicted octanol–water partition coefficient (Wildman–Crippen LogP) is 7.11. The van der Waals surface area contributed by atoms with Crippen LogP contribution in [-0.4, -0.2) is 32.6 Å². The highest BCUT2D eigenvalue weighted by Gasteiger charge is 2.26. The molecule has 2 aromatic heterocycles. The lowest BCUT2D eigenvalue weighted by molar-refractivity contribution is 0.0526. The van der Waals surface area contributed by atoms with Crippen molar-refractivity contribution in [3.8, 4) is 11.3 Å². The van der Waals surface area contributed by atoms with Gasteiger partial charge in [0.1, 0.15) is 11.9 Å². The minimum Gasteiger partial charge on any atom is -0.444 e. The Hall–Kier alpha value is -3.03. The SMILES string of the molecule is C[C@@H]1CCc2ncnc(-c3ccc4c(C(CNC(=O)OC(C)(C)C)c5ccc(Cl)cc5)nsc4c3)c21. The van der Waals surface area contributed by atoms with E-state index < -0.39 is 11.7 Å². The average Bonchev–Trinajstić information content (AvgIpc) is 3.42. The summed E-state index contributed by atoms with van der Waals surface area (Å²) in [6.07, 6.45) is 3.34. The molecule has 1 amide bonds. The quantitative estimate of drug-likeness (QED) is 0.303. The van der Waals surface area contributed by atoms with E-state index >= 15 is 0 Å². The van der Waals surface area contributed by atoms with Gasteiger partial charge < -0.3 is 10.1 Å². The molecule has 2 heterocycles. The van der Waals surface area contributed by atoms with Crippen molar-refractivity contribution in [2.45, 2.75) is 58.0 Å². The first kappa shape index (κ1) is 24.7. The Balaban J connectivity index is 1.50. The maximum Gasteiger partial charge on any atom is 0.407 e. The lowest BCUT2D eigenvalue weighted by Gasteiger charge is -2.22. The molecule has 0 spiro atoms. The van der Waals surface area contributed by atoms with Crippen LogP contribution in [-0.2, 0) is 11.2 Å². The molecule has 0 bridgehead atoms. The second kappa shape index (κ2) is 9.79. The van der Waals surface area contributed by atoms with E-state index in [1.54, 1.807) is 6.33 Å². The summed E-state index contributed by atoms with van der Waals surface area (Å²) in [6.45, 7) is 8.15. The van der Waals surface area contributed by atoms with E-state index in [1.165, 1.54) is 17.1 Å².